The van der Waals surface area contributed by atoms with Crippen molar-refractivity contribution in [1.29, 1.82) is 0 Å². The first-order valence-electron chi connectivity index (χ1n) is 12.0. The van der Waals surface area contributed by atoms with E-state index in [4.69, 9.17) is 6.42 Å². The Bertz CT molecular complexity index is 1550. The van der Waals surface area contributed by atoms with Gasteiger partial charge < -0.3 is 4.98 Å². The molecule has 1 saturated heterocycles. The molecule has 36 heavy (non-hydrogen) atoms. The summed E-state index contributed by atoms with van der Waals surface area (Å²) in [6.07, 6.45) is 7.68. The molecule has 1 fully saturated rings. The lowest BCUT2D eigenvalue weighted by Gasteiger charge is -2.37. The van der Waals surface area contributed by atoms with E-state index in [1.807, 2.05) is 59.2 Å². The van der Waals surface area contributed by atoms with Gasteiger partial charge >= 0.3 is 5.69 Å². The summed E-state index contributed by atoms with van der Waals surface area (Å²) in [5.74, 6) is 3.61. The largest absolute Gasteiger partial charge is 0.326 e. The molecule has 0 spiro atoms. The summed E-state index contributed by atoms with van der Waals surface area (Å²) in [5, 5.41) is 14.9. The number of rotatable bonds is 6. The van der Waals surface area contributed by atoms with Gasteiger partial charge in [-0.05, 0) is 52.4 Å². The number of piperidine rings is 1. The molecule has 0 bridgehead atoms. The molecule has 0 radical (unpaired) electrons. The van der Waals surface area contributed by atoms with Gasteiger partial charge in [0.1, 0.15) is 12.1 Å². The Labute approximate surface area is 212 Å². The van der Waals surface area contributed by atoms with Crippen molar-refractivity contribution in [3.05, 3.63) is 98.9 Å². The van der Waals surface area contributed by atoms with Gasteiger partial charge in [0.05, 0.1) is 11.0 Å². The van der Waals surface area contributed by atoms with Gasteiger partial charge in [-0.2, -0.15) is 0 Å². The van der Waals surface area contributed by atoms with E-state index in [0.717, 1.165) is 53.2 Å². The van der Waals surface area contributed by atoms with E-state index in [2.05, 4.69) is 48.8 Å². The van der Waals surface area contributed by atoms with Crippen LogP contribution in [0.15, 0.2) is 76.9 Å². The predicted molar refractivity (Wildman–Crippen MR) is 140 cm³/mol. The van der Waals surface area contributed by atoms with Crippen molar-refractivity contribution in [2.75, 3.05) is 13.1 Å². The molecule has 4 heterocycles. The number of para-hydroxylation sites is 2. The minimum absolute atomic E-state index is 0.0480. The number of fused-ring (bicyclic) bond motifs is 1. The van der Waals surface area contributed by atoms with Gasteiger partial charge in [0.2, 0.25) is 0 Å². The first kappa shape index (κ1) is 22.5. The third kappa shape index (κ3) is 3.94. The van der Waals surface area contributed by atoms with Crippen molar-refractivity contribution in [3.63, 3.8) is 0 Å². The summed E-state index contributed by atoms with van der Waals surface area (Å²) in [6.45, 7) is 1.61. The van der Waals surface area contributed by atoms with Gasteiger partial charge in [-0.15, -0.1) is 22.9 Å². The van der Waals surface area contributed by atoms with Gasteiger partial charge in [0.15, 0.2) is 5.82 Å². The number of aromatic amines is 1. The smallest absolute Gasteiger partial charge is 0.306 e. The van der Waals surface area contributed by atoms with E-state index in [0.29, 0.717) is 0 Å². The van der Waals surface area contributed by atoms with Crippen LogP contribution in [-0.4, -0.2) is 47.7 Å². The molecule has 6 rings (SSSR count). The Morgan fingerprint density at radius 2 is 1.81 bits per heavy atom. The van der Waals surface area contributed by atoms with Crippen LogP contribution in [0, 0.1) is 12.3 Å². The molecular weight excluding hydrogens is 470 g/mol. The van der Waals surface area contributed by atoms with E-state index in [1.54, 1.807) is 16.0 Å². The number of likely N-dealkylation sites (tertiary alicyclic amines) is 1. The van der Waals surface area contributed by atoms with Crippen LogP contribution in [-0.2, 0) is 0 Å². The third-order valence-electron chi connectivity index (χ3n) is 6.95. The fourth-order valence-corrected chi connectivity index (χ4v) is 6.12. The fourth-order valence-electron chi connectivity index (χ4n) is 5.26. The van der Waals surface area contributed by atoms with Crippen LogP contribution >= 0.6 is 11.3 Å². The fraction of sp³-hybridized carbons (Fsp3) is 0.259. The van der Waals surface area contributed by atoms with Gasteiger partial charge in [-0.25, -0.2) is 9.48 Å². The summed E-state index contributed by atoms with van der Waals surface area (Å²) in [6, 6.07) is 21.6. The van der Waals surface area contributed by atoms with Crippen molar-refractivity contribution in [2.24, 2.45) is 0 Å². The standard InChI is InChI=1S/C27H25N7OS/c1-2-22(19-9-4-3-5-10-19)34-26(29-30-31-34)25(24-13-8-18-36-24)32-16-14-20(15-17-32)33-23-12-7-6-11-21(23)28-27(33)35/h1,3-13,18,20,22,25H,14-17H2,(H,28,35)/t22-,25?/m0/s1. The summed E-state index contributed by atoms with van der Waals surface area (Å²) in [7, 11) is 0. The molecule has 1 N–H and O–H groups in total. The lowest BCUT2D eigenvalue weighted by molar-refractivity contribution is 0.148. The van der Waals surface area contributed by atoms with Crippen molar-refractivity contribution in [2.45, 2.75) is 31.0 Å². The van der Waals surface area contributed by atoms with Crippen molar-refractivity contribution >= 4 is 22.4 Å². The highest BCUT2D eigenvalue weighted by Gasteiger charge is 2.34. The van der Waals surface area contributed by atoms with Gasteiger partial charge in [0.25, 0.3) is 0 Å². The zero-order chi connectivity index (χ0) is 24.5. The van der Waals surface area contributed by atoms with Crippen LogP contribution in [0.1, 0.15) is 47.2 Å². The van der Waals surface area contributed by atoms with Crippen LogP contribution < -0.4 is 5.69 Å². The molecule has 5 aromatic rings. The Morgan fingerprint density at radius 3 is 2.56 bits per heavy atom. The molecule has 0 aliphatic carbocycles. The monoisotopic (exact) mass is 495 g/mol. The number of nitrogens with zero attached hydrogens (tertiary/aromatic N) is 6. The van der Waals surface area contributed by atoms with Crippen molar-refractivity contribution in [1.82, 2.24) is 34.7 Å². The van der Waals surface area contributed by atoms with Crippen molar-refractivity contribution < 1.29 is 0 Å². The highest BCUT2D eigenvalue weighted by atomic mass is 32.1. The Hall–Kier alpha value is -4.00. The number of benzene rings is 2. The second kappa shape index (κ2) is 9.57. The van der Waals surface area contributed by atoms with Crippen LogP contribution in [0.5, 0.6) is 0 Å². The molecule has 1 unspecified atom stereocenters. The summed E-state index contributed by atoms with van der Waals surface area (Å²) >= 11 is 1.69. The maximum absolute atomic E-state index is 12.8. The van der Waals surface area contributed by atoms with E-state index in [9.17, 15) is 4.79 Å². The molecule has 0 amide bonds. The summed E-state index contributed by atoms with van der Waals surface area (Å²) in [5.41, 5.74) is 2.75. The van der Waals surface area contributed by atoms with Crippen LogP contribution in [0.4, 0.5) is 0 Å². The highest BCUT2D eigenvalue weighted by molar-refractivity contribution is 7.10. The number of hydrogen-bond acceptors (Lipinski definition) is 6. The average Bonchev–Trinajstić information content (AvgIpc) is 3.67. The van der Waals surface area contributed by atoms with Gasteiger partial charge in [-0.1, -0.05) is 54.5 Å². The average molecular weight is 496 g/mol. The highest BCUT2D eigenvalue weighted by Crippen LogP contribution is 2.36. The lowest BCUT2D eigenvalue weighted by Crippen LogP contribution is -2.40. The van der Waals surface area contributed by atoms with E-state index in [-0.39, 0.29) is 17.8 Å². The van der Waals surface area contributed by atoms with Crippen LogP contribution in [0.2, 0.25) is 0 Å². The number of nitrogens with one attached hydrogen (secondary N) is 1. The summed E-state index contributed by atoms with van der Waals surface area (Å²) in [4.78, 5) is 19.3. The Kier molecular flexibility index (Phi) is 5.97. The number of aromatic nitrogens is 6. The quantitative estimate of drug-likeness (QED) is 0.360. The van der Waals surface area contributed by atoms with Crippen molar-refractivity contribution in [3.8, 4) is 12.3 Å². The number of terminal acetylenes is 1. The zero-order valence-corrected chi connectivity index (χ0v) is 20.4. The lowest BCUT2D eigenvalue weighted by atomic mass is 10.0. The number of hydrogen-bond donors (Lipinski definition) is 1. The normalized spacial score (nSPS) is 16.6. The first-order valence-corrected chi connectivity index (χ1v) is 12.9. The van der Waals surface area contributed by atoms with Gasteiger partial charge in [-0.3, -0.25) is 9.47 Å². The summed E-state index contributed by atoms with van der Waals surface area (Å²) < 4.78 is 3.69. The molecule has 9 heteroatoms. The molecule has 1 aliphatic rings. The number of H-pyrrole nitrogens is 1. The maximum Gasteiger partial charge on any atom is 0.326 e. The Morgan fingerprint density at radius 1 is 1.03 bits per heavy atom. The van der Waals surface area contributed by atoms with Crippen LogP contribution in [0.25, 0.3) is 11.0 Å². The molecule has 0 saturated carbocycles. The van der Waals surface area contributed by atoms with E-state index >= 15 is 0 Å². The molecule has 1 aliphatic heterocycles. The Balaban J connectivity index is 1.32. The molecule has 2 aromatic carbocycles. The molecule has 2 atom stereocenters. The number of imidazole rings is 1. The minimum Gasteiger partial charge on any atom is -0.306 e. The van der Waals surface area contributed by atoms with Gasteiger partial charge in [0, 0.05) is 24.0 Å². The second-order valence-corrected chi connectivity index (χ2v) is 9.94. The second-order valence-electron chi connectivity index (χ2n) is 8.96. The maximum atomic E-state index is 12.8. The first-order chi connectivity index (χ1) is 17.7. The SMILES string of the molecule is C#C[C@@H](c1ccccc1)n1nnnc1C(c1cccs1)N1CCC(n2c(=O)[nH]c3ccccc32)CC1. The molecule has 180 valence electrons. The number of thiophene rings is 1. The third-order valence-corrected chi connectivity index (χ3v) is 7.87. The molecule has 3 aromatic heterocycles. The molecular formula is C27H25N7OS. The zero-order valence-electron chi connectivity index (χ0n) is 19.6. The van der Waals surface area contributed by atoms with E-state index < -0.39 is 6.04 Å². The van der Waals surface area contributed by atoms with E-state index in [1.165, 1.54) is 0 Å². The minimum atomic E-state index is -0.402. The number of tetrazole rings is 1. The topological polar surface area (TPSA) is 84.6 Å². The predicted octanol–water partition coefficient (Wildman–Crippen LogP) is 4.03. The van der Waals surface area contributed by atoms with Crippen LogP contribution in [0.3, 0.4) is 0 Å². The molecule has 8 nitrogen and oxygen atoms in total.